The molecule has 0 fully saturated rings. The number of methoxy groups -OCH3 is 2. The molecule has 0 spiro atoms. The van der Waals surface area contributed by atoms with E-state index < -0.39 is 0 Å². The van der Waals surface area contributed by atoms with Crippen molar-refractivity contribution in [3.63, 3.8) is 0 Å². The molecular formula is C30H44N2O4. The molecule has 6 heteroatoms. The molecule has 6 nitrogen and oxygen atoms in total. The number of benzene rings is 2. The van der Waals surface area contributed by atoms with Crippen molar-refractivity contribution in [3.8, 4) is 23.0 Å². The number of ether oxygens (including phenoxy) is 4. The minimum absolute atomic E-state index is 0.602. The Morgan fingerprint density at radius 2 is 1.03 bits per heavy atom. The van der Waals surface area contributed by atoms with E-state index in [4.69, 9.17) is 18.9 Å². The van der Waals surface area contributed by atoms with E-state index in [1.807, 2.05) is 48.8 Å². The molecule has 36 heavy (non-hydrogen) atoms. The number of rotatable bonds is 19. The van der Waals surface area contributed by atoms with Crippen LogP contribution in [0.5, 0.6) is 23.0 Å². The summed E-state index contributed by atoms with van der Waals surface area (Å²) in [6.07, 6.45) is 13.1. The summed E-state index contributed by atoms with van der Waals surface area (Å²) in [5.41, 5.74) is 1.95. The molecule has 0 saturated carbocycles. The van der Waals surface area contributed by atoms with Gasteiger partial charge in [-0.3, -0.25) is 9.98 Å². The second-order valence-electron chi connectivity index (χ2n) is 8.71. The predicted octanol–water partition coefficient (Wildman–Crippen LogP) is 7.16. The molecule has 2 rings (SSSR count). The second-order valence-corrected chi connectivity index (χ2v) is 8.71. The van der Waals surface area contributed by atoms with Crippen LogP contribution >= 0.6 is 0 Å². The van der Waals surface area contributed by atoms with Gasteiger partial charge in [-0.1, -0.05) is 52.4 Å². The minimum atomic E-state index is 0.602. The molecule has 2 aromatic carbocycles. The van der Waals surface area contributed by atoms with E-state index in [2.05, 4.69) is 23.8 Å². The highest BCUT2D eigenvalue weighted by atomic mass is 16.5. The Labute approximate surface area is 217 Å². The van der Waals surface area contributed by atoms with Crippen molar-refractivity contribution < 1.29 is 18.9 Å². The SMILES string of the molecule is CCCCCCOc1ccc(C=NCCN=Cc2ccc(OCCCCCC)c(OC)c2)cc1OC. The van der Waals surface area contributed by atoms with E-state index in [1.54, 1.807) is 14.2 Å². The van der Waals surface area contributed by atoms with Gasteiger partial charge in [0.15, 0.2) is 23.0 Å². The number of unbranched alkanes of at least 4 members (excludes halogenated alkanes) is 6. The first-order valence-corrected chi connectivity index (χ1v) is 13.3. The lowest BCUT2D eigenvalue weighted by atomic mass is 10.2. The zero-order valence-electron chi connectivity index (χ0n) is 22.6. The van der Waals surface area contributed by atoms with Gasteiger partial charge in [-0.05, 0) is 60.4 Å². The molecule has 0 unspecified atom stereocenters. The first kappa shape index (κ1) is 29.2. The molecule has 0 heterocycles. The average Bonchev–Trinajstić information content (AvgIpc) is 2.91. The lowest BCUT2D eigenvalue weighted by Gasteiger charge is -2.11. The molecule has 0 saturated heterocycles. The summed E-state index contributed by atoms with van der Waals surface area (Å²) in [7, 11) is 3.33. The van der Waals surface area contributed by atoms with Crippen molar-refractivity contribution in [1.82, 2.24) is 0 Å². The van der Waals surface area contributed by atoms with Gasteiger partial charge in [0, 0.05) is 12.4 Å². The Morgan fingerprint density at radius 1 is 0.583 bits per heavy atom. The minimum Gasteiger partial charge on any atom is -0.493 e. The largest absolute Gasteiger partial charge is 0.493 e. The van der Waals surface area contributed by atoms with Crippen molar-refractivity contribution in [2.24, 2.45) is 9.98 Å². The van der Waals surface area contributed by atoms with Crippen LogP contribution in [0.3, 0.4) is 0 Å². The third kappa shape index (κ3) is 11.1. The van der Waals surface area contributed by atoms with Crippen molar-refractivity contribution in [2.75, 3.05) is 40.5 Å². The molecule has 0 bridgehead atoms. The van der Waals surface area contributed by atoms with E-state index in [0.29, 0.717) is 26.3 Å². The van der Waals surface area contributed by atoms with E-state index in [1.165, 1.54) is 38.5 Å². The molecule has 0 aliphatic rings. The standard InChI is InChI=1S/C30H44N2O4/c1-5-7-9-11-19-35-27-15-13-25(21-29(27)33-3)23-31-17-18-32-24-26-14-16-28(30(22-26)34-4)36-20-12-10-8-6-2/h13-16,21-24H,5-12,17-20H2,1-4H3. The van der Waals surface area contributed by atoms with E-state index >= 15 is 0 Å². The fourth-order valence-corrected chi connectivity index (χ4v) is 3.64. The maximum Gasteiger partial charge on any atom is 0.161 e. The highest BCUT2D eigenvalue weighted by molar-refractivity contribution is 5.81. The number of aliphatic imine (C=N–C) groups is 2. The Balaban J connectivity index is 1.79. The highest BCUT2D eigenvalue weighted by Crippen LogP contribution is 2.28. The van der Waals surface area contributed by atoms with Crippen molar-refractivity contribution >= 4 is 12.4 Å². The normalized spacial score (nSPS) is 11.3. The first-order chi connectivity index (χ1) is 17.7. The van der Waals surface area contributed by atoms with Gasteiger partial charge in [0.1, 0.15) is 0 Å². The third-order valence-electron chi connectivity index (χ3n) is 5.73. The first-order valence-electron chi connectivity index (χ1n) is 13.3. The molecule has 198 valence electrons. The third-order valence-corrected chi connectivity index (χ3v) is 5.73. The van der Waals surface area contributed by atoms with Gasteiger partial charge >= 0.3 is 0 Å². The van der Waals surface area contributed by atoms with Gasteiger partial charge in [-0.15, -0.1) is 0 Å². The zero-order chi connectivity index (χ0) is 25.8. The van der Waals surface area contributed by atoms with Crippen molar-refractivity contribution in [1.29, 1.82) is 0 Å². The fourth-order valence-electron chi connectivity index (χ4n) is 3.64. The lowest BCUT2D eigenvalue weighted by Crippen LogP contribution is -2.00. The Hall–Kier alpha value is -3.02. The van der Waals surface area contributed by atoms with Crippen LogP contribution in [-0.4, -0.2) is 53.0 Å². The summed E-state index contributed by atoms with van der Waals surface area (Å²) >= 11 is 0. The molecule has 0 amide bonds. The summed E-state index contributed by atoms with van der Waals surface area (Å²) in [6.45, 7) is 7.04. The van der Waals surface area contributed by atoms with Crippen LogP contribution in [0.4, 0.5) is 0 Å². The van der Waals surface area contributed by atoms with Gasteiger partial charge in [-0.25, -0.2) is 0 Å². The monoisotopic (exact) mass is 496 g/mol. The molecule has 2 aromatic rings. The fraction of sp³-hybridized carbons (Fsp3) is 0.533. The van der Waals surface area contributed by atoms with Crippen LogP contribution in [-0.2, 0) is 0 Å². The van der Waals surface area contributed by atoms with Crippen LogP contribution in [0.2, 0.25) is 0 Å². The average molecular weight is 497 g/mol. The van der Waals surface area contributed by atoms with E-state index in [0.717, 1.165) is 47.0 Å². The summed E-state index contributed by atoms with van der Waals surface area (Å²) in [5, 5.41) is 0. The van der Waals surface area contributed by atoms with Crippen LogP contribution in [0.25, 0.3) is 0 Å². The number of hydrogen-bond acceptors (Lipinski definition) is 6. The van der Waals surface area contributed by atoms with Gasteiger partial charge in [0.05, 0.1) is 40.5 Å². The Bertz CT molecular complexity index is 852. The molecule has 0 atom stereocenters. The van der Waals surface area contributed by atoms with Gasteiger partial charge in [0.25, 0.3) is 0 Å². The van der Waals surface area contributed by atoms with Crippen LogP contribution in [0.15, 0.2) is 46.4 Å². The van der Waals surface area contributed by atoms with Gasteiger partial charge in [-0.2, -0.15) is 0 Å². The second kappa shape index (κ2) is 18.3. The van der Waals surface area contributed by atoms with Crippen molar-refractivity contribution in [3.05, 3.63) is 47.5 Å². The topological polar surface area (TPSA) is 61.6 Å². The Kier molecular flexibility index (Phi) is 14.8. The molecular weight excluding hydrogens is 452 g/mol. The zero-order valence-corrected chi connectivity index (χ0v) is 22.6. The molecule has 0 radical (unpaired) electrons. The number of nitrogens with zero attached hydrogens (tertiary/aromatic N) is 2. The van der Waals surface area contributed by atoms with Crippen LogP contribution in [0, 0.1) is 0 Å². The smallest absolute Gasteiger partial charge is 0.161 e. The van der Waals surface area contributed by atoms with Gasteiger partial charge < -0.3 is 18.9 Å². The number of hydrogen-bond donors (Lipinski definition) is 0. The maximum absolute atomic E-state index is 5.88. The summed E-state index contributed by atoms with van der Waals surface area (Å²) in [4.78, 5) is 8.99. The molecule has 0 N–H and O–H groups in total. The van der Waals surface area contributed by atoms with Crippen LogP contribution in [0.1, 0.15) is 76.3 Å². The molecule has 0 aromatic heterocycles. The van der Waals surface area contributed by atoms with Crippen molar-refractivity contribution in [2.45, 2.75) is 65.2 Å². The summed E-state index contributed by atoms with van der Waals surface area (Å²) in [6, 6.07) is 11.8. The molecule has 0 aliphatic heterocycles. The summed E-state index contributed by atoms with van der Waals surface area (Å²) < 4.78 is 22.7. The highest BCUT2D eigenvalue weighted by Gasteiger charge is 2.06. The van der Waals surface area contributed by atoms with Gasteiger partial charge in [0.2, 0.25) is 0 Å². The predicted molar refractivity (Wildman–Crippen MR) is 150 cm³/mol. The Morgan fingerprint density at radius 3 is 1.42 bits per heavy atom. The maximum atomic E-state index is 5.88. The molecule has 0 aliphatic carbocycles. The quantitative estimate of drug-likeness (QED) is 0.153. The lowest BCUT2D eigenvalue weighted by molar-refractivity contribution is 0.285. The summed E-state index contributed by atoms with van der Waals surface area (Å²) in [5.74, 6) is 3.02. The van der Waals surface area contributed by atoms with Crippen LogP contribution < -0.4 is 18.9 Å². The van der Waals surface area contributed by atoms with E-state index in [-0.39, 0.29) is 0 Å². The van der Waals surface area contributed by atoms with E-state index in [9.17, 15) is 0 Å².